The minimum absolute atomic E-state index is 0.0180. The van der Waals surface area contributed by atoms with E-state index in [9.17, 15) is 9.59 Å². The highest BCUT2D eigenvalue weighted by atomic mass is 16.6. The molecule has 0 bridgehead atoms. The summed E-state index contributed by atoms with van der Waals surface area (Å²) in [5.74, 6) is -0.519. The van der Waals surface area contributed by atoms with Gasteiger partial charge < -0.3 is 9.47 Å². The van der Waals surface area contributed by atoms with E-state index in [1.807, 2.05) is 24.3 Å². The average molecular weight is 387 g/mol. The molecule has 3 aromatic rings. The molecule has 0 unspecified atom stereocenters. The number of ether oxygens (including phenoxy) is 2. The Morgan fingerprint density at radius 1 is 0.862 bits per heavy atom. The van der Waals surface area contributed by atoms with Gasteiger partial charge in [0, 0.05) is 13.0 Å². The van der Waals surface area contributed by atoms with Crippen LogP contribution in [0.1, 0.15) is 27.4 Å². The molecule has 0 aromatic heterocycles. The van der Waals surface area contributed by atoms with Crippen LogP contribution in [0.3, 0.4) is 0 Å². The Morgan fingerprint density at radius 3 is 2.03 bits per heavy atom. The van der Waals surface area contributed by atoms with Gasteiger partial charge in [-0.25, -0.2) is 9.59 Å². The van der Waals surface area contributed by atoms with E-state index in [0.717, 1.165) is 11.1 Å². The number of hydrogen-bond acceptors (Lipinski definition) is 4. The van der Waals surface area contributed by atoms with E-state index in [1.54, 1.807) is 31.3 Å². The molecule has 0 heterocycles. The summed E-state index contributed by atoms with van der Waals surface area (Å²) in [5, 5.41) is 0. The van der Waals surface area contributed by atoms with Crippen molar-refractivity contribution in [3.05, 3.63) is 89.5 Å². The lowest BCUT2D eigenvalue weighted by Gasteiger charge is -2.21. The molecule has 3 aromatic carbocycles. The van der Waals surface area contributed by atoms with E-state index in [0.29, 0.717) is 11.3 Å². The van der Waals surface area contributed by atoms with Gasteiger partial charge in [-0.2, -0.15) is 0 Å². The fraction of sp³-hybridized carbons (Fsp3) is 0.167. The maximum absolute atomic E-state index is 12.7. The van der Waals surface area contributed by atoms with Crippen molar-refractivity contribution < 1.29 is 19.1 Å². The van der Waals surface area contributed by atoms with Crippen LogP contribution < -0.4 is 4.90 Å². The van der Waals surface area contributed by atoms with Gasteiger partial charge in [0.15, 0.2) is 0 Å². The molecule has 1 amide bonds. The summed E-state index contributed by atoms with van der Waals surface area (Å²) in [7, 11) is 2.90. The SMILES string of the molecule is COC(=O)c1ccccc1N(C)C(=O)OCC1c2ccccc2-c2ccccc21. The van der Waals surface area contributed by atoms with Crippen molar-refractivity contribution in [2.75, 3.05) is 25.7 Å². The van der Waals surface area contributed by atoms with Gasteiger partial charge >= 0.3 is 12.1 Å². The molecule has 5 nitrogen and oxygen atoms in total. The van der Waals surface area contributed by atoms with Crippen molar-refractivity contribution in [3.8, 4) is 11.1 Å². The van der Waals surface area contributed by atoms with Gasteiger partial charge in [0.25, 0.3) is 0 Å². The number of anilines is 1. The Hall–Kier alpha value is -3.60. The van der Waals surface area contributed by atoms with Crippen molar-refractivity contribution in [3.63, 3.8) is 0 Å². The highest BCUT2D eigenvalue weighted by molar-refractivity contribution is 6.00. The molecular weight excluding hydrogens is 366 g/mol. The number of nitrogens with zero attached hydrogens (tertiary/aromatic N) is 1. The van der Waals surface area contributed by atoms with E-state index in [4.69, 9.17) is 9.47 Å². The number of fused-ring (bicyclic) bond motifs is 3. The second-order valence-corrected chi connectivity index (χ2v) is 6.87. The van der Waals surface area contributed by atoms with Crippen molar-refractivity contribution in [1.82, 2.24) is 0 Å². The number of esters is 1. The number of methoxy groups -OCH3 is 1. The molecular formula is C24H21NO4. The Morgan fingerprint density at radius 2 is 1.41 bits per heavy atom. The zero-order valence-corrected chi connectivity index (χ0v) is 16.3. The number of carbonyl (C=O) groups is 2. The number of benzene rings is 3. The largest absolute Gasteiger partial charge is 0.465 e. The van der Waals surface area contributed by atoms with Crippen LogP contribution in [0.15, 0.2) is 72.8 Å². The molecule has 4 rings (SSSR count). The van der Waals surface area contributed by atoms with Crippen molar-refractivity contribution in [1.29, 1.82) is 0 Å². The van der Waals surface area contributed by atoms with Gasteiger partial charge in [-0.3, -0.25) is 4.90 Å². The van der Waals surface area contributed by atoms with E-state index >= 15 is 0 Å². The van der Waals surface area contributed by atoms with E-state index in [-0.39, 0.29) is 12.5 Å². The lowest BCUT2D eigenvalue weighted by Crippen LogP contribution is -2.30. The van der Waals surface area contributed by atoms with Gasteiger partial charge in [0.2, 0.25) is 0 Å². The first-order chi connectivity index (χ1) is 14.1. The standard InChI is InChI=1S/C24H21NO4/c1-25(22-14-8-7-13-20(22)23(26)28-2)24(27)29-15-21-18-11-5-3-9-16(18)17-10-4-6-12-19(17)21/h3-14,21H,15H2,1-2H3. The lowest BCUT2D eigenvalue weighted by atomic mass is 9.98. The normalized spacial score (nSPS) is 12.1. The molecule has 0 fully saturated rings. The van der Waals surface area contributed by atoms with Gasteiger partial charge in [0.1, 0.15) is 6.61 Å². The van der Waals surface area contributed by atoms with Crippen LogP contribution in [-0.2, 0) is 9.47 Å². The zero-order valence-electron chi connectivity index (χ0n) is 16.3. The molecule has 0 N–H and O–H groups in total. The molecule has 0 radical (unpaired) electrons. The van der Waals surface area contributed by atoms with Crippen LogP contribution >= 0.6 is 0 Å². The smallest absolute Gasteiger partial charge is 0.414 e. The molecule has 5 heteroatoms. The zero-order chi connectivity index (χ0) is 20.4. The summed E-state index contributed by atoms with van der Waals surface area (Å²) in [6.07, 6.45) is -0.525. The summed E-state index contributed by atoms with van der Waals surface area (Å²) >= 11 is 0. The quantitative estimate of drug-likeness (QED) is 0.600. The Bertz CT molecular complexity index is 1030. The Balaban J connectivity index is 1.55. The highest BCUT2D eigenvalue weighted by Gasteiger charge is 2.29. The molecule has 1 aliphatic rings. The number of hydrogen-bond donors (Lipinski definition) is 0. The maximum Gasteiger partial charge on any atom is 0.414 e. The topological polar surface area (TPSA) is 55.8 Å². The molecule has 0 saturated carbocycles. The summed E-state index contributed by atoms with van der Waals surface area (Å²) in [6, 6.07) is 23.1. The van der Waals surface area contributed by atoms with Crippen LogP contribution in [0, 0.1) is 0 Å². The first-order valence-corrected chi connectivity index (χ1v) is 9.38. The first kappa shape index (κ1) is 18.7. The highest BCUT2D eigenvalue weighted by Crippen LogP contribution is 2.44. The van der Waals surface area contributed by atoms with Crippen molar-refractivity contribution >= 4 is 17.7 Å². The molecule has 1 aliphatic carbocycles. The van der Waals surface area contributed by atoms with Crippen LogP contribution in [0.2, 0.25) is 0 Å². The summed E-state index contributed by atoms with van der Waals surface area (Å²) in [6.45, 7) is 0.220. The van der Waals surface area contributed by atoms with Crippen molar-refractivity contribution in [2.24, 2.45) is 0 Å². The monoisotopic (exact) mass is 387 g/mol. The Labute approximate surface area is 169 Å². The molecule has 0 aliphatic heterocycles. The number of amides is 1. The third-order valence-corrected chi connectivity index (χ3v) is 5.28. The molecule has 0 spiro atoms. The third kappa shape index (κ3) is 3.36. The number of rotatable bonds is 4. The summed E-state index contributed by atoms with van der Waals surface area (Å²) in [4.78, 5) is 26.1. The minimum atomic E-state index is -0.525. The van der Waals surface area contributed by atoms with Crippen LogP contribution in [0.5, 0.6) is 0 Å². The fourth-order valence-corrected chi connectivity index (χ4v) is 3.84. The maximum atomic E-state index is 12.7. The lowest BCUT2D eigenvalue weighted by molar-refractivity contribution is 0.0601. The Kier molecular flexibility index (Phi) is 5.04. The predicted molar refractivity (Wildman–Crippen MR) is 111 cm³/mol. The van der Waals surface area contributed by atoms with E-state index < -0.39 is 12.1 Å². The van der Waals surface area contributed by atoms with Gasteiger partial charge in [-0.1, -0.05) is 60.7 Å². The van der Waals surface area contributed by atoms with E-state index in [2.05, 4.69) is 24.3 Å². The minimum Gasteiger partial charge on any atom is -0.465 e. The van der Waals surface area contributed by atoms with E-state index in [1.165, 1.54) is 23.1 Å². The molecule has 29 heavy (non-hydrogen) atoms. The molecule has 0 saturated heterocycles. The van der Waals surface area contributed by atoms with Crippen LogP contribution in [0.25, 0.3) is 11.1 Å². The van der Waals surface area contributed by atoms with Gasteiger partial charge in [-0.05, 0) is 34.4 Å². The second kappa shape index (κ2) is 7.80. The summed E-state index contributed by atoms with van der Waals surface area (Å²) < 4.78 is 10.5. The predicted octanol–water partition coefficient (Wildman–Crippen LogP) is 4.86. The third-order valence-electron chi connectivity index (χ3n) is 5.28. The number of carbonyl (C=O) groups excluding carboxylic acids is 2. The van der Waals surface area contributed by atoms with Gasteiger partial charge in [0.05, 0.1) is 18.4 Å². The second-order valence-electron chi connectivity index (χ2n) is 6.87. The van der Waals surface area contributed by atoms with Crippen LogP contribution in [0.4, 0.5) is 10.5 Å². The number of para-hydroxylation sites is 1. The van der Waals surface area contributed by atoms with Gasteiger partial charge in [-0.15, -0.1) is 0 Å². The first-order valence-electron chi connectivity index (χ1n) is 9.38. The van der Waals surface area contributed by atoms with Crippen LogP contribution in [-0.4, -0.2) is 32.8 Å². The van der Waals surface area contributed by atoms with Crippen molar-refractivity contribution in [2.45, 2.75) is 5.92 Å². The fourth-order valence-electron chi connectivity index (χ4n) is 3.84. The summed E-state index contributed by atoms with van der Waals surface area (Å²) in [5.41, 5.74) is 5.41. The molecule has 146 valence electrons. The average Bonchev–Trinajstić information content (AvgIpc) is 3.10. The molecule has 0 atom stereocenters.